The lowest BCUT2D eigenvalue weighted by Gasteiger charge is -2.08. The molecule has 9 heteroatoms. The molecule has 132 valence electrons. The molecule has 2 aromatic carbocycles. The molecule has 2 N–H and O–H groups in total. The van der Waals surface area contributed by atoms with Crippen molar-refractivity contribution in [2.45, 2.75) is 6.54 Å². The van der Waals surface area contributed by atoms with E-state index in [4.69, 9.17) is 4.55 Å². The molecule has 0 bridgehead atoms. The van der Waals surface area contributed by atoms with E-state index < -0.39 is 20.8 Å². The molecule has 0 atom stereocenters. The highest BCUT2D eigenvalue weighted by Gasteiger charge is 2.17. The van der Waals surface area contributed by atoms with E-state index in [1.807, 2.05) is 0 Å². The van der Waals surface area contributed by atoms with Crippen LogP contribution in [0.4, 0.5) is 5.69 Å². The quantitative estimate of drug-likeness (QED) is 0.240. The first-order valence-corrected chi connectivity index (χ1v) is 8.92. The summed E-state index contributed by atoms with van der Waals surface area (Å²) in [6.07, 6.45) is 0. The van der Waals surface area contributed by atoms with Crippen molar-refractivity contribution < 1.29 is 22.7 Å². The maximum atomic E-state index is 12.4. The Hall–Kier alpha value is -2.62. The van der Waals surface area contributed by atoms with Crippen LogP contribution in [0.15, 0.2) is 48.5 Å². The molecule has 0 aromatic heterocycles. The fourth-order valence-electron chi connectivity index (χ4n) is 2.23. The van der Waals surface area contributed by atoms with Crippen LogP contribution in [0.3, 0.4) is 0 Å². The molecule has 0 radical (unpaired) electrons. The van der Waals surface area contributed by atoms with Gasteiger partial charge in [-0.05, 0) is 12.1 Å². The molecule has 2 aromatic rings. The summed E-state index contributed by atoms with van der Waals surface area (Å²) in [6, 6.07) is 12.5. The first-order chi connectivity index (χ1) is 11.8. The monoisotopic (exact) mass is 364 g/mol. The zero-order chi connectivity index (χ0) is 18.4. The molecule has 2 rings (SSSR count). The van der Waals surface area contributed by atoms with E-state index >= 15 is 0 Å². The van der Waals surface area contributed by atoms with Crippen molar-refractivity contribution in [2.75, 3.05) is 12.3 Å². The zero-order valence-corrected chi connectivity index (χ0v) is 13.9. The lowest BCUT2D eigenvalue weighted by atomic mass is 10.0. The van der Waals surface area contributed by atoms with Crippen LogP contribution >= 0.6 is 0 Å². The second kappa shape index (κ2) is 7.97. The molecule has 0 heterocycles. The highest BCUT2D eigenvalue weighted by Crippen LogP contribution is 2.21. The van der Waals surface area contributed by atoms with Gasteiger partial charge in [0.05, 0.1) is 10.7 Å². The van der Waals surface area contributed by atoms with Gasteiger partial charge in [-0.15, -0.1) is 0 Å². The topological polar surface area (TPSA) is 127 Å². The number of rotatable bonds is 8. The Morgan fingerprint density at radius 3 is 2.40 bits per heavy atom. The van der Waals surface area contributed by atoms with Crippen LogP contribution in [0.25, 0.3) is 0 Å². The van der Waals surface area contributed by atoms with Gasteiger partial charge >= 0.3 is 0 Å². The van der Waals surface area contributed by atoms with E-state index in [1.54, 1.807) is 30.3 Å². The maximum absolute atomic E-state index is 12.4. The normalized spacial score (nSPS) is 11.2. The molecule has 0 aliphatic heterocycles. The van der Waals surface area contributed by atoms with E-state index in [9.17, 15) is 23.3 Å². The number of benzene rings is 2. The fourth-order valence-corrected chi connectivity index (χ4v) is 2.63. The summed E-state index contributed by atoms with van der Waals surface area (Å²) >= 11 is 0. The van der Waals surface area contributed by atoms with E-state index in [1.165, 1.54) is 18.2 Å². The van der Waals surface area contributed by atoms with Gasteiger partial charge in [-0.2, -0.15) is 8.42 Å². The van der Waals surface area contributed by atoms with Gasteiger partial charge in [-0.3, -0.25) is 19.5 Å². The Balaban J connectivity index is 2.21. The average Bonchev–Trinajstić information content (AvgIpc) is 2.57. The molecule has 0 aliphatic rings. The van der Waals surface area contributed by atoms with Gasteiger partial charge in [0, 0.05) is 35.8 Å². The molecular weight excluding hydrogens is 348 g/mol. The smallest absolute Gasteiger partial charge is 0.273 e. The van der Waals surface area contributed by atoms with Crippen LogP contribution in [0, 0.1) is 10.1 Å². The minimum atomic E-state index is -4.11. The van der Waals surface area contributed by atoms with Crippen molar-refractivity contribution in [1.82, 2.24) is 5.32 Å². The number of carbonyl (C=O) groups is 1. The first kappa shape index (κ1) is 18.7. The first-order valence-electron chi connectivity index (χ1n) is 7.31. The Labute approximate surface area is 144 Å². The highest BCUT2D eigenvalue weighted by molar-refractivity contribution is 7.85. The van der Waals surface area contributed by atoms with E-state index in [2.05, 4.69) is 5.32 Å². The number of hydrogen-bond donors (Lipinski definition) is 2. The van der Waals surface area contributed by atoms with Crippen LogP contribution in [-0.2, 0) is 16.7 Å². The third kappa shape index (κ3) is 5.45. The summed E-state index contributed by atoms with van der Waals surface area (Å²) in [5, 5.41) is 13.8. The lowest BCUT2D eigenvalue weighted by molar-refractivity contribution is -0.385. The standard InChI is InChI=1S/C16H16N2O6S/c19-16(12-4-2-1-3-5-12)13-6-7-15(18(20)21)14(10-13)11-17-8-9-25(22,23)24/h1-7,10,17H,8-9,11H2,(H,22,23,24). The van der Waals surface area contributed by atoms with E-state index in [-0.39, 0.29) is 30.1 Å². The molecule has 0 fully saturated rings. The second-order valence-electron chi connectivity index (χ2n) is 5.26. The molecular formula is C16H16N2O6S. The number of nitro groups is 1. The van der Waals surface area contributed by atoms with Gasteiger partial charge < -0.3 is 5.32 Å². The van der Waals surface area contributed by atoms with Crippen LogP contribution in [0.1, 0.15) is 21.5 Å². The van der Waals surface area contributed by atoms with Gasteiger partial charge in [0.25, 0.3) is 15.8 Å². The van der Waals surface area contributed by atoms with Crippen molar-refractivity contribution in [3.63, 3.8) is 0 Å². The molecule has 0 amide bonds. The summed E-state index contributed by atoms with van der Waals surface area (Å²) < 4.78 is 30.0. The summed E-state index contributed by atoms with van der Waals surface area (Å²) in [6.45, 7) is -0.0887. The van der Waals surface area contributed by atoms with Crippen molar-refractivity contribution in [3.05, 3.63) is 75.3 Å². The lowest BCUT2D eigenvalue weighted by Crippen LogP contribution is -2.22. The van der Waals surface area contributed by atoms with Gasteiger partial charge in [-0.25, -0.2) is 0 Å². The molecule has 0 unspecified atom stereocenters. The largest absolute Gasteiger partial charge is 0.311 e. The van der Waals surface area contributed by atoms with E-state index in [0.29, 0.717) is 11.1 Å². The second-order valence-corrected chi connectivity index (χ2v) is 6.83. The van der Waals surface area contributed by atoms with Crippen molar-refractivity contribution >= 4 is 21.6 Å². The summed E-state index contributed by atoms with van der Waals surface area (Å²) in [5.74, 6) is -0.779. The predicted octanol–water partition coefficient (Wildman–Crippen LogP) is 1.80. The summed E-state index contributed by atoms with van der Waals surface area (Å²) in [7, 11) is -4.11. The molecule has 0 spiro atoms. The van der Waals surface area contributed by atoms with Gasteiger partial charge in [0.1, 0.15) is 0 Å². The van der Waals surface area contributed by atoms with Gasteiger partial charge in [0.15, 0.2) is 5.78 Å². The third-order valence-corrected chi connectivity index (χ3v) is 4.15. The molecule has 8 nitrogen and oxygen atoms in total. The highest BCUT2D eigenvalue weighted by atomic mass is 32.2. The van der Waals surface area contributed by atoms with Crippen LogP contribution in [0.5, 0.6) is 0 Å². The van der Waals surface area contributed by atoms with Crippen LogP contribution in [0.2, 0.25) is 0 Å². The Bertz CT molecular complexity index is 881. The summed E-state index contributed by atoms with van der Waals surface area (Å²) in [5.41, 5.74) is 0.830. The molecule has 25 heavy (non-hydrogen) atoms. The van der Waals surface area contributed by atoms with Crippen molar-refractivity contribution in [2.24, 2.45) is 0 Å². The fraction of sp³-hybridized carbons (Fsp3) is 0.188. The zero-order valence-electron chi connectivity index (χ0n) is 13.1. The SMILES string of the molecule is O=C(c1ccccc1)c1ccc([N+](=O)[O-])c(CNCCS(=O)(=O)O)c1. The minimum Gasteiger partial charge on any atom is -0.311 e. The molecule has 0 saturated carbocycles. The number of nitrogens with zero attached hydrogens (tertiary/aromatic N) is 1. The van der Waals surface area contributed by atoms with Crippen LogP contribution in [-0.4, -0.2) is 36.0 Å². The Morgan fingerprint density at radius 2 is 1.80 bits per heavy atom. The van der Waals surface area contributed by atoms with E-state index in [0.717, 1.165) is 0 Å². The minimum absolute atomic E-state index is 0.0122. The number of carbonyl (C=O) groups excluding carboxylic acids is 1. The predicted molar refractivity (Wildman–Crippen MR) is 91.1 cm³/mol. The number of hydrogen-bond acceptors (Lipinski definition) is 6. The molecule has 0 saturated heterocycles. The average molecular weight is 364 g/mol. The number of nitro benzene ring substituents is 1. The van der Waals surface area contributed by atoms with Crippen molar-refractivity contribution in [3.8, 4) is 0 Å². The van der Waals surface area contributed by atoms with Gasteiger partial charge in [0.2, 0.25) is 0 Å². The van der Waals surface area contributed by atoms with Crippen LogP contribution < -0.4 is 5.32 Å². The maximum Gasteiger partial charge on any atom is 0.273 e. The Morgan fingerprint density at radius 1 is 1.12 bits per heavy atom. The molecule has 0 aliphatic carbocycles. The Kier molecular flexibility index (Phi) is 5.97. The number of nitrogens with one attached hydrogen (secondary N) is 1. The summed E-state index contributed by atoms with van der Waals surface area (Å²) in [4.78, 5) is 23.0. The van der Waals surface area contributed by atoms with Crippen molar-refractivity contribution in [1.29, 1.82) is 0 Å². The number of ketones is 1. The van der Waals surface area contributed by atoms with Gasteiger partial charge in [-0.1, -0.05) is 30.3 Å². The third-order valence-electron chi connectivity index (χ3n) is 3.43.